The maximum absolute atomic E-state index is 6.36. The molecule has 1 aromatic heterocycles. The maximum atomic E-state index is 6.36. The van der Waals surface area contributed by atoms with Gasteiger partial charge in [-0.1, -0.05) is 6.92 Å². The molecule has 0 aliphatic carbocycles. The average Bonchev–Trinajstić information content (AvgIpc) is 2.40. The number of aromatic nitrogens is 2. The summed E-state index contributed by atoms with van der Waals surface area (Å²) in [6.07, 6.45) is 4.19. The summed E-state index contributed by atoms with van der Waals surface area (Å²) in [4.78, 5) is 0. The van der Waals surface area contributed by atoms with E-state index in [4.69, 9.17) is 10.5 Å². The van der Waals surface area contributed by atoms with E-state index in [1.807, 2.05) is 6.92 Å². The monoisotopic (exact) mass is 249 g/mol. The summed E-state index contributed by atoms with van der Waals surface area (Å²) in [7, 11) is 0. The molecule has 0 saturated carbocycles. The van der Waals surface area contributed by atoms with Gasteiger partial charge in [0.2, 0.25) is 0 Å². The molecule has 4 nitrogen and oxygen atoms in total. The van der Waals surface area contributed by atoms with E-state index in [0.29, 0.717) is 5.92 Å². The molecule has 0 spiro atoms. The first kappa shape index (κ1) is 13.4. The number of hydrogen-bond donors (Lipinski definition) is 1. The third-order valence-corrected chi connectivity index (χ3v) is 3.69. The van der Waals surface area contributed by atoms with E-state index in [2.05, 4.69) is 23.2 Å². The van der Waals surface area contributed by atoms with Crippen molar-refractivity contribution in [3.8, 4) is 0 Å². The quantitative estimate of drug-likeness (QED) is 0.888. The molecule has 2 heterocycles. The van der Waals surface area contributed by atoms with E-state index in [1.54, 1.807) is 0 Å². The van der Waals surface area contributed by atoms with Gasteiger partial charge in [0.25, 0.3) is 0 Å². The Hall–Kier alpha value is -1.00. The average molecular weight is 249 g/mol. The van der Waals surface area contributed by atoms with Crippen molar-refractivity contribution in [1.29, 1.82) is 0 Å². The summed E-state index contributed by atoms with van der Waals surface area (Å²) in [5.74, 6) is 0.687. The van der Waals surface area contributed by atoms with E-state index in [0.717, 1.165) is 50.3 Å². The fourth-order valence-electron chi connectivity index (χ4n) is 2.60. The molecule has 0 bridgehead atoms. The van der Waals surface area contributed by atoms with Gasteiger partial charge < -0.3 is 10.5 Å². The first-order valence-corrected chi connectivity index (χ1v) is 6.87. The highest BCUT2D eigenvalue weighted by Gasteiger charge is 2.20. The van der Waals surface area contributed by atoms with Gasteiger partial charge >= 0.3 is 0 Å². The van der Waals surface area contributed by atoms with Crippen LogP contribution in [0.3, 0.4) is 0 Å². The summed E-state index contributed by atoms with van der Waals surface area (Å²) in [5, 5.41) is 8.37. The highest BCUT2D eigenvalue weighted by Crippen LogP contribution is 2.27. The second-order valence-electron chi connectivity index (χ2n) is 5.14. The minimum atomic E-state index is 0.0808. The Balaban J connectivity index is 2.07. The molecule has 1 aliphatic rings. The van der Waals surface area contributed by atoms with Crippen molar-refractivity contribution in [2.24, 2.45) is 11.7 Å². The largest absolute Gasteiger partial charge is 0.381 e. The molecule has 0 amide bonds. The predicted octanol–water partition coefficient (Wildman–Crippen LogP) is 2.16. The van der Waals surface area contributed by atoms with Crippen LogP contribution in [-0.2, 0) is 11.2 Å². The van der Waals surface area contributed by atoms with Crippen LogP contribution in [0.2, 0.25) is 0 Å². The van der Waals surface area contributed by atoms with Crippen molar-refractivity contribution in [2.45, 2.75) is 45.6 Å². The number of ether oxygens (including phenoxy) is 1. The van der Waals surface area contributed by atoms with Crippen LogP contribution >= 0.6 is 0 Å². The zero-order valence-corrected chi connectivity index (χ0v) is 11.4. The third kappa shape index (κ3) is 3.27. The summed E-state index contributed by atoms with van der Waals surface area (Å²) in [5.41, 5.74) is 9.53. The summed E-state index contributed by atoms with van der Waals surface area (Å²) < 4.78 is 5.39. The molecule has 1 aromatic rings. The van der Waals surface area contributed by atoms with Crippen molar-refractivity contribution in [3.63, 3.8) is 0 Å². The van der Waals surface area contributed by atoms with E-state index >= 15 is 0 Å². The lowest BCUT2D eigenvalue weighted by atomic mass is 9.89. The number of nitrogens with zero attached hydrogens (tertiary/aromatic N) is 2. The van der Waals surface area contributed by atoms with Crippen molar-refractivity contribution in [3.05, 3.63) is 23.0 Å². The molecule has 4 heteroatoms. The highest BCUT2D eigenvalue weighted by atomic mass is 16.5. The standard InChI is InChI=1S/C14H23N3O/c1-3-14-12(8-10(2)16-17-14)13(15)9-11-4-6-18-7-5-11/h8,11,13H,3-7,9,15H2,1-2H3. The lowest BCUT2D eigenvalue weighted by Gasteiger charge is -2.25. The molecule has 0 radical (unpaired) electrons. The van der Waals surface area contributed by atoms with Crippen molar-refractivity contribution in [2.75, 3.05) is 13.2 Å². The summed E-state index contributed by atoms with van der Waals surface area (Å²) >= 11 is 0. The number of nitrogens with two attached hydrogens (primary N) is 1. The smallest absolute Gasteiger partial charge is 0.0676 e. The molecule has 2 N–H and O–H groups in total. The van der Waals surface area contributed by atoms with Gasteiger partial charge in [-0.3, -0.25) is 0 Å². The Morgan fingerprint density at radius 3 is 2.78 bits per heavy atom. The minimum Gasteiger partial charge on any atom is -0.381 e. The van der Waals surface area contributed by atoms with E-state index in [-0.39, 0.29) is 6.04 Å². The predicted molar refractivity (Wildman–Crippen MR) is 71.2 cm³/mol. The lowest BCUT2D eigenvalue weighted by molar-refractivity contribution is 0.0618. The van der Waals surface area contributed by atoms with Gasteiger partial charge in [0.15, 0.2) is 0 Å². The van der Waals surface area contributed by atoms with Crippen molar-refractivity contribution >= 4 is 0 Å². The first-order valence-electron chi connectivity index (χ1n) is 6.87. The topological polar surface area (TPSA) is 61.0 Å². The minimum absolute atomic E-state index is 0.0808. The molecule has 100 valence electrons. The van der Waals surface area contributed by atoms with Gasteiger partial charge in [0.1, 0.15) is 0 Å². The number of aryl methyl sites for hydroxylation is 2. The van der Waals surface area contributed by atoms with Crippen LogP contribution in [-0.4, -0.2) is 23.4 Å². The van der Waals surface area contributed by atoms with E-state index in [9.17, 15) is 0 Å². The van der Waals surface area contributed by atoms with Crippen LogP contribution in [0.5, 0.6) is 0 Å². The second kappa shape index (κ2) is 6.25. The van der Waals surface area contributed by atoms with E-state index in [1.165, 1.54) is 5.56 Å². The summed E-state index contributed by atoms with van der Waals surface area (Å²) in [6.45, 7) is 5.83. The van der Waals surface area contributed by atoms with Crippen LogP contribution in [0.1, 0.15) is 49.2 Å². The van der Waals surface area contributed by atoms with Gasteiger partial charge in [-0.25, -0.2) is 0 Å². The lowest BCUT2D eigenvalue weighted by Crippen LogP contribution is -2.22. The highest BCUT2D eigenvalue weighted by molar-refractivity contribution is 5.24. The molecule has 1 atom stereocenters. The first-order chi connectivity index (χ1) is 8.70. The van der Waals surface area contributed by atoms with Gasteiger partial charge in [0.05, 0.1) is 11.4 Å². The van der Waals surface area contributed by atoms with Gasteiger partial charge in [-0.15, -0.1) is 0 Å². The second-order valence-corrected chi connectivity index (χ2v) is 5.14. The normalized spacial score (nSPS) is 18.8. The molecule has 0 aromatic carbocycles. The molecule has 1 aliphatic heterocycles. The fourth-order valence-corrected chi connectivity index (χ4v) is 2.60. The molecule has 2 rings (SSSR count). The van der Waals surface area contributed by atoms with Crippen LogP contribution in [0.15, 0.2) is 6.07 Å². The molecular formula is C14H23N3O. The Labute approximate surface area is 109 Å². The summed E-state index contributed by atoms with van der Waals surface area (Å²) in [6, 6.07) is 2.17. The Bertz CT molecular complexity index is 389. The van der Waals surface area contributed by atoms with Gasteiger partial charge in [0, 0.05) is 19.3 Å². The fraction of sp³-hybridized carbons (Fsp3) is 0.714. The molecule has 1 unspecified atom stereocenters. The van der Waals surface area contributed by atoms with E-state index < -0.39 is 0 Å². The van der Waals surface area contributed by atoms with Crippen LogP contribution in [0.25, 0.3) is 0 Å². The van der Waals surface area contributed by atoms with Crippen molar-refractivity contribution < 1.29 is 4.74 Å². The number of rotatable bonds is 4. The van der Waals surface area contributed by atoms with Crippen LogP contribution < -0.4 is 5.73 Å². The van der Waals surface area contributed by atoms with Crippen LogP contribution in [0, 0.1) is 12.8 Å². The SMILES string of the molecule is CCc1nnc(C)cc1C(N)CC1CCOCC1. The van der Waals surface area contributed by atoms with Gasteiger partial charge in [-0.2, -0.15) is 10.2 Å². The van der Waals surface area contributed by atoms with Crippen LogP contribution in [0.4, 0.5) is 0 Å². The van der Waals surface area contributed by atoms with Crippen molar-refractivity contribution in [1.82, 2.24) is 10.2 Å². The maximum Gasteiger partial charge on any atom is 0.0676 e. The molecule has 1 saturated heterocycles. The zero-order valence-electron chi connectivity index (χ0n) is 11.4. The Kier molecular flexibility index (Phi) is 4.66. The molecular weight excluding hydrogens is 226 g/mol. The zero-order chi connectivity index (χ0) is 13.0. The van der Waals surface area contributed by atoms with Gasteiger partial charge in [-0.05, 0) is 50.2 Å². The Morgan fingerprint density at radius 2 is 2.11 bits per heavy atom. The third-order valence-electron chi connectivity index (χ3n) is 3.69. The molecule has 1 fully saturated rings. The number of hydrogen-bond acceptors (Lipinski definition) is 4. The Morgan fingerprint density at radius 1 is 1.39 bits per heavy atom. The molecule has 18 heavy (non-hydrogen) atoms.